The standard InChI is InChI=1S/C17H13Cl2N5OS/c1-10-5-6-11(8-12(10)18)22-17-23-15(19)14(26-17)9-21-24-16(25)13-4-2-3-7-20-13/h2-9H,1H3,(H,22,23)(H,24,25)/b21-9+. The van der Waals surface area contributed by atoms with E-state index < -0.39 is 5.91 Å². The number of halogens is 2. The number of hydrazone groups is 1. The van der Waals surface area contributed by atoms with Crippen LogP contribution in [0.2, 0.25) is 10.2 Å². The maximum atomic E-state index is 11.9. The summed E-state index contributed by atoms with van der Waals surface area (Å²) in [5.41, 5.74) is 4.47. The van der Waals surface area contributed by atoms with Crippen LogP contribution in [0.3, 0.4) is 0 Å². The van der Waals surface area contributed by atoms with Crippen LogP contribution in [0.1, 0.15) is 20.9 Å². The van der Waals surface area contributed by atoms with Gasteiger partial charge < -0.3 is 5.32 Å². The van der Waals surface area contributed by atoms with Gasteiger partial charge in [0.05, 0.1) is 11.1 Å². The fourth-order valence-corrected chi connectivity index (χ4v) is 3.17. The highest BCUT2D eigenvalue weighted by Crippen LogP contribution is 2.29. The maximum absolute atomic E-state index is 11.9. The largest absolute Gasteiger partial charge is 0.331 e. The molecule has 0 radical (unpaired) electrons. The number of benzene rings is 1. The van der Waals surface area contributed by atoms with Gasteiger partial charge in [0.1, 0.15) is 5.69 Å². The molecule has 0 unspecified atom stereocenters. The second-order valence-electron chi connectivity index (χ2n) is 5.18. The zero-order valence-electron chi connectivity index (χ0n) is 13.5. The number of carbonyl (C=O) groups is 1. The van der Waals surface area contributed by atoms with Crippen LogP contribution in [0.4, 0.5) is 10.8 Å². The third kappa shape index (κ3) is 4.57. The molecule has 0 saturated carbocycles. The van der Waals surface area contributed by atoms with E-state index in [1.807, 2.05) is 25.1 Å². The molecule has 0 atom stereocenters. The molecular weight excluding hydrogens is 393 g/mol. The summed E-state index contributed by atoms with van der Waals surface area (Å²) in [6.45, 7) is 1.93. The molecule has 0 aliphatic carbocycles. The van der Waals surface area contributed by atoms with Crippen molar-refractivity contribution in [2.75, 3.05) is 5.32 Å². The first-order chi connectivity index (χ1) is 12.5. The molecule has 3 aromatic rings. The van der Waals surface area contributed by atoms with E-state index in [4.69, 9.17) is 23.2 Å². The average molecular weight is 406 g/mol. The molecule has 0 aliphatic heterocycles. The number of thiazole rings is 1. The summed E-state index contributed by atoms with van der Waals surface area (Å²) < 4.78 is 0. The number of nitrogens with zero attached hydrogens (tertiary/aromatic N) is 3. The van der Waals surface area contributed by atoms with Crippen molar-refractivity contribution in [1.82, 2.24) is 15.4 Å². The van der Waals surface area contributed by atoms with Crippen LogP contribution < -0.4 is 10.7 Å². The predicted molar refractivity (Wildman–Crippen MR) is 106 cm³/mol. The average Bonchev–Trinajstić information content (AvgIpc) is 2.98. The highest BCUT2D eigenvalue weighted by atomic mass is 35.5. The van der Waals surface area contributed by atoms with Crippen molar-refractivity contribution in [3.8, 4) is 0 Å². The fraction of sp³-hybridized carbons (Fsp3) is 0.0588. The minimum Gasteiger partial charge on any atom is -0.331 e. The van der Waals surface area contributed by atoms with Crippen LogP contribution in [-0.2, 0) is 0 Å². The minimum absolute atomic E-state index is 0.277. The van der Waals surface area contributed by atoms with Gasteiger partial charge in [-0.2, -0.15) is 5.10 Å². The normalized spacial score (nSPS) is 10.9. The van der Waals surface area contributed by atoms with E-state index in [0.717, 1.165) is 11.3 Å². The number of amides is 1. The van der Waals surface area contributed by atoms with Crippen LogP contribution >= 0.6 is 34.5 Å². The number of hydrogen-bond acceptors (Lipinski definition) is 6. The molecule has 2 N–H and O–H groups in total. The van der Waals surface area contributed by atoms with Crippen molar-refractivity contribution in [2.24, 2.45) is 5.10 Å². The first kappa shape index (κ1) is 18.3. The van der Waals surface area contributed by atoms with Crippen molar-refractivity contribution >= 4 is 57.5 Å². The van der Waals surface area contributed by atoms with Gasteiger partial charge in [-0.3, -0.25) is 9.78 Å². The summed E-state index contributed by atoms with van der Waals surface area (Å²) in [7, 11) is 0. The van der Waals surface area contributed by atoms with Crippen LogP contribution in [-0.4, -0.2) is 22.1 Å². The molecule has 132 valence electrons. The quantitative estimate of drug-likeness (QED) is 0.477. The molecule has 1 amide bonds. The molecule has 2 aromatic heterocycles. The first-order valence-corrected chi connectivity index (χ1v) is 9.04. The van der Waals surface area contributed by atoms with Gasteiger partial charge in [0.25, 0.3) is 5.91 Å². The molecule has 0 fully saturated rings. The second kappa shape index (κ2) is 8.27. The molecule has 2 heterocycles. The van der Waals surface area contributed by atoms with Crippen molar-refractivity contribution in [2.45, 2.75) is 6.92 Å². The lowest BCUT2D eigenvalue weighted by Crippen LogP contribution is -2.18. The van der Waals surface area contributed by atoms with E-state index in [2.05, 4.69) is 25.8 Å². The Morgan fingerprint density at radius 3 is 2.85 bits per heavy atom. The SMILES string of the molecule is Cc1ccc(Nc2nc(Cl)c(/C=N/NC(=O)c3ccccn3)s2)cc1Cl. The van der Waals surface area contributed by atoms with Gasteiger partial charge in [-0.05, 0) is 36.8 Å². The van der Waals surface area contributed by atoms with E-state index in [-0.39, 0.29) is 10.8 Å². The molecule has 0 bridgehead atoms. The summed E-state index contributed by atoms with van der Waals surface area (Å²) in [6.07, 6.45) is 2.97. The van der Waals surface area contributed by atoms with Gasteiger partial charge in [-0.15, -0.1) is 0 Å². The summed E-state index contributed by atoms with van der Waals surface area (Å²) in [5.74, 6) is -0.407. The Morgan fingerprint density at radius 1 is 1.27 bits per heavy atom. The van der Waals surface area contributed by atoms with Gasteiger partial charge in [0.2, 0.25) is 0 Å². The summed E-state index contributed by atoms with van der Waals surface area (Å²) >= 11 is 13.5. The third-order valence-corrected chi connectivity index (χ3v) is 4.99. The zero-order chi connectivity index (χ0) is 18.5. The van der Waals surface area contributed by atoms with Crippen LogP contribution in [0.5, 0.6) is 0 Å². The molecule has 0 aliphatic rings. The van der Waals surface area contributed by atoms with Crippen LogP contribution in [0, 0.1) is 6.92 Å². The van der Waals surface area contributed by atoms with Crippen molar-refractivity contribution in [3.05, 3.63) is 68.9 Å². The number of pyridine rings is 1. The Labute approximate surface area is 163 Å². The number of hydrogen-bond donors (Lipinski definition) is 2. The Hall–Kier alpha value is -2.48. The first-order valence-electron chi connectivity index (χ1n) is 7.47. The lowest BCUT2D eigenvalue weighted by atomic mass is 10.2. The van der Waals surface area contributed by atoms with Gasteiger partial charge >= 0.3 is 0 Å². The van der Waals surface area contributed by atoms with Gasteiger partial charge in [-0.25, -0.2) is 10.4 Å². The molecule has 26 heavy (non-hydrogen) atoms. The molecule has 0 spiro atoms. The van der Waals surface area contributed by atoms with Gasteiger partial charge in [-0.1, -0.05) is 46.7 Å². The zero-order valence-corrected chi connectivity index (χ0v) is 15.9. The predicted octanol–water partition coefficient (Wildman–Crippen LogP) is 4.66. The summed E-state index contributed by atoms with van der Waals surface area (Å²) in [6, 6.07) is 10.7. The smallest absolute Gasteiger partial charge is 0.289 e. The van der Waals surface area contributed by atoms with E-state index in [9.17, 15) is 4.79 Å². The van der Waals surface area contributed by atoms with E-state index >= 15 is 0 Å². The minimum atomic E-state index is -0.407. The number of anilines is 2. The van der Waals surface area contributed by atoms with E-state index in [0.29, 0.717) is 15.0 Å². The lowest BCUT2D eigenvalue weighted by Gasteiger charge is -2.04. The highest BCUT2D eigenvalue weighted by molar-refractivity contribution is 7.17. The molecule has 3 rings (SSSR count). The molecule has 6 nitrogen and oxygen atoms in total. The third-order valence-electron chi connectivity index (χ3n) is 3.28. The number of carbonyl (C=O) groups excluding carboxylic acids is 1. The molecule has 1 aromatic carbocycles. The summed E-state index contributed by atoms with van der Waals surface area (Å²) in [5, 5.41) is 8.57. The molecule has 9 heteroatoms. The monoisotopic (exact) mass is 405 g/mol. The lowest BCUT2D eigenvalue weighted by molar-refractivity contribution is 0.0950. The van der Waals surface area contributed by atoms with E-state index in [1.165, 1.54) is 23.7 Å². The van der Waals surface area contributed by atoms with Crippen molar-refractivity contribution in [3.63, 3.8) is 0 Å². The van der Waals surface area contributed by atoms with Crippen LogP contribution in [0.15, 0.2) is 47.7 Å². The molecular formula is C17H13Cl2N5OS. The van der Waals surface area contributed by atoms with E-state index in [1.54, 1.807) is 18.2 Å². The number of nitrogens with one attached hydrogen (secondary N) is 2. The Kier molecular flexibility index (Phi) is 5.82. The van der Waals surface area contributed by atoms with Gasteiger partial charge in [0.15, 0.2) is 10.3 Å². The van der Waals surface area contributed by atoms with Crippen molar-refractivity contribution in [1.29, 1.82) is 0 Å². The van der Waals surface area contributed by atoms with Crippen LogP contribution in [0.25, 0.3) is 0 Å². The van der Waals surface area contributed by atoms with Crippen molar-refractivity contribution < 1.29 is 4.79 Å². The Balaban J connectivity index is 1.66. The maximum Gasteiger partial charge on any atom is 0.289 e. The highest BCUT2D eigenvalue weighted by Gasteiger charge is 2.09. The number of aryl methyl sites for hydroxylation is 1. The molecule has 0 saturated heterocycles. The number of aromatic nitrogens is 2. The fourth-order valence-electron chi connectivity index (χ4n) is 1.94. The second-order valence-corrected chi connectivity index (χ2v) is 6.97. The number of rotatable bonds is 5. The Bertz CT molecular complexity index is 959. The van der Waals surface area contributed by atoms with Gasteiger partial charge in [0, 0.05) is 16.9 Å². The summed E-state index contributed by atoms with van der Waals surface area (Å²) in [4.78, 5) is 20.6. The Morgan fingerprint density at radius 2 is 2.12 bits per heavy atom. The topological polar surface area (TPSA) is 79.3 Å².